The molecule has 0 aromatic heterocycles. The monoisotopic (exact) mass is 504 g/mol. The maximum atomic E-state index is 4.62. The van der Waals surface area contributed by atoms with Crippen LogP contribution in [-0.2, 0) is 6.42 Å². The third kappa shape index (κ3) is 6.33. The molecule has 3 aliphatic rings. The smallest absolute Gasteiger partial charge is 0.0239 e. The summed E-state index contributed by atoms with van der Waals surface area (Å²) in [6, 6.07) is 16.6. The Labute approximate surface area is 232 Å². The third-order valence-electron chi connectivity index (χ3n) is 9.03. The van der Waals surface area contributed by atoms with Crippen LogP contribution in [-0.4, -0.2) is 0 Å². The van der Waals surface area contributed by atoms with Crippen molar-refractivity contribution in [1.29, 1.82) is 0 Å². The van der Waals surface area contributed by atoms with Gasteiger partial charge in [-0.3, -0.25) is 0 Å². The average molecular weight is 505 g/mol. The molecule has 200 valence electrons. The van der Waals surface area contributed by atoms with Crippen LogP contribution in [0.4, 0.5) is 0 Å². The lowest BCUT2D eigenvalue weighted by Gasteiger charge is -2.23. The molecule has 0 amide bonds. The van der Waals surface area contributed by atoms with E-state index in [4.69, 9.17) is 0 Å². The number of rotatable bonds is 10. The molecule has 2 unspecified atom stereocenters. The van der Waals surface area contributed by atoms with E-state index in [-0.39, 0.29) is 5.41 Å². The van der Waals surface area contributed by atoms with Gasteiger partial charge in [-0.2, -0.15) is 0 Å². The highest BCUT2D eigenvalue weighted by Crippen LogP contribution is 2.45. The lowest BCUT2D eigenvalue weighted by Crippen LogP contribution is -2.10. The van der Waals surface area contributed by atoms with E-state index in [1.807, 2.05) is 0 Å². The van der Waals surface area contributed by atoms with Gasteiger partial charge in [-0.25, -0.2) is 0 Å². The highest BCUT2D eigenvalue weighted by molar-refractivity contribution is 5.67. The Balaban J connectivity index is 1.31. The van der Waals surface area contributed by atoms with Gasteiger partial charge < -0.3 is 0 Å². The standard InChI is InChI=1S/C38H48/c1-24-17-36(37(18-24)33-15-11-31(12-16-33)28(5)27(4)30-9-10-30)26(3)19-25(2)34-20-29(23-38(6,7)8)21-35(22-34)32-13-14-32/h11-12,15-18,20-22,26-27,30,32,37H,2,5,9-10,13-14,19,23H2,1,3-4,6-8H3/t26-,27?,37?/m1/s1. The van der Waals surface area contributed by atoms with E-state index >= 15 is 0 Å². The summed E-state index contributed by atoms with van der Waals surface area (Å²) >= 11 is 0. The molecule has 2 saturated carbocycles. The quantitative estimate of drug-likeness (QED) is 0.302. The molecule has 0 spiro atoms. The Morgan fingerprint density at radius 3 is 2.18 bits per heavy atom. The van der Waals surface area contributed by atoms with Crippen molar-refractivity contribution in [2.24, 2.45) is 23.2 Å². The average Bonchev–Trinajstić information content (AvgIpc) is 3.79. The first-order valence-corrected chi connectivity index (χ1v) is 15.0. The predicted octanol–water partition coefficient (Wildman–Crippen LogP) is 10.9. The fourth-order valence-electron chi connectivity index (χ4n) is 6.44. The molecule has 2 aromatic rings. The van der Waals surface area contributed by atoms with E-state index in [1.54, 1.807) is 0 Å². The van der Waals surface area contributed by atoms with Crippen molar-refractivity contribution in [2.45, 2.75) is 91.9 Å². The van der Waals surface area contributed by atoms with Crippen LogP contribution < -0.4 is 0 Å². The van der Waals surface area contributed by atoms with Crippen LogP contribution in [0.15, 0.2) is 78.9 Å². The summed E-state index contributed by atoms with van der Waals surface area (Å²) in [5.74, 6) is 3.01. The Bertz CT molecular complexity index is 1260. The minimum atomic E-state index is 0.289. The Morgan fingerprint density at radius 2 is 1.58 bits per heavy atom. The summed E-state index contributed by atoms with van der Waals surface area (Å²) in [4.78, 5) is 0. The molecule has 0 heteroatoms. The van der Waals surface area contributed by atoms with Crippen LogP contribution in [0.5, 0.6) is 0 Å². The van der Waals surface area contributed by atoms with Crippen molar-refractivity contribution >= 4 is 11.1 Å². The van der Waals surface area contributed by atoms with Crippen molar-refractivity contribution in [2.75, 3.05) is 0 Å². The highest BCUT2D eigenvalue weighted by atomic mass is 14.4. The van der Waals surface area contributed by atoms with Gasteiger partial charge in [0.2, 0.25) is 0 Å². The molecular formula is C38H48. The fourth-order valence-corrected chi connectivity index (χ4v) is 6.44. The molecule has 0 heterocycles. The summed E-state index contributed by atoms with van der Waals surface area (Å²) in [5.41, 5.74) is 12.8. The number of hydrogen-bond donors (Lipinski definition) is 0. The van der Waals surface area contributed by atoms with Crippen LogP contribution in [0, 0.1) is 23.2 Å². The second-order valence-corrected chi connectivity index (χ2v) is 14.0. The van der Waals surface area contributed by atoms with E-state index in [0.29, 0.717) is 17.8 Å². The molecular weight excluding hydrogens is 456 g/mol. The van der Waals surface area contributed by atoms with Crippen LogP contribution in [0.25, 0.3) is 11.1 Å². The maximum Gasteiger partial charge on any atom is 0.0239 e. The van der Waals surface area contributed by atoms with Crippen LogP contribution in [0.1, 0.15) is 113 Å². The summed E-state index contributed by atoms with van der Waals surface area (Å²) in [6.07, 6.45) is 12.4. The number of benzene rings is 2. The SMILES string of the molecule is C=C(C[C@@H](C)C1=CC(C)=CC1c1ccc(C(=C)C(C)C2CC2)cc1)c1cc(CC(C)(C)C)cc(C2CC2)c1. The minimum absolute atomic E-state index is 0.289. The van der Waals surface area contributed by atoms with Gasteiger partial charge in [0.1, 0.15) is 0 Å². The second kappa shape index (κ2) is 10.5. The summed E-state index contributed by atoms with van der Waals surface area (Å²) < 4.78 is 0. The van der Waals surface area contributed by atoms with E-state index in [9.17, 15) is 0 Å². The maximum absolute atomic E-state index is 4.62. The van der Waals surface area contributed by atoms with Crippen molar-refractivity contribution in [3.8, 4) is 0 Å². The van der Waals surface area contributed by atoms with Crippen LogP contribution in [0.2, 0.25) is 0 Å². The lowest BCUT2D eigenvalue weighted by molar-refractivity contribution is 0.411. The van der Waals surface area contributed by atoms with Crippen molar-refractivity contribution < 1.29 is 0 Å². The molecule has 0 bridgehead atoms. The molecule has 0 nitrogen and oxygen atoms in total. The molecule has 2 aromatic carbocycles. The third-order valence-corrected chi connectivity index (χ3v) is 9.03. The van der Waals surface area contributed by atoms with Crippen LogP contribution in [0.3, 0.4) is 0 Å². The van der Waals surface area contributed by atoms with Gasteiger partial charge in [0.25, 0.3) is 0 Å². The van der Waals surface area contributed by atoms with E-state index < -0.39 is 0 Å². The van der Waals surface area contributed by atoms with Gasteiger partial charge in [-0.15, -0.1) is 0 Å². The largest absolute Gasteiger partial charge is 0.0952 e. The summed E-state index contributed by atoms with van der Waals surface area (Å²) in [6.45, 7) is 23.1. The molecule has 3 aliphatic carbocycles. The fraction of sp³-hybridized carbons (Fsp3) is 0.474. The molecule has 2 fully saturated rings. The first kappa shape index (κ1) is 27.0. The van der Waals surface area contributed by atoms with Gasteiger partial charge in [-0.1, -0.05) is 114 Å². The molecule has 5 rings (SSSR count). The highest BCUT2D eigenvalue weighted by Gasteiger charge is 2.30. The van der Waals surface area contributed by atoms with Crippen molar-refractivity contribution in [1.82, 2.24) is 0 Å². The number of hydrogen-bond acceptors (Lipinski definition) is 0. The predicted molar refractivity (Wildman–Crippen MR) is 166 cm³/mol. The van der Waals surface area contributed by atoms with Crippen molar-refractivity contribution in [3.63, 3.8) is 0 Å². The zero-order valence-electron chi connectivity index (χ0n) is 24.7. The Morgan fingerprint density at radius 1 is 0.895 bits per heavy atom. The van der Waals surface area contributed by atoms with E-state index in [0.717, 1.165) is 24.7 Å². The van der Waals surface area contributed by atoms with Gasteiger partial charge in [0, 0.05) is 5.92 Å². The molecule has 0 N–H and O–H groups in total. The topological polar surface area (TPSA) is 0 Å². The summed E-state index contributed by atoms with van der Waals surface area (Å²) in [5, 5.41) is 0. The molecule has 0 saturated heterocycles. The molecule has 0 aliphatic heterocycles. The molecule has 0 radical (unpaired) electrons. The minimum Gasteiger partial charge on any atom is -0.0952 e. The van der Waals surface area contributed by atoms with Gasteiger partial charge in [0.05, 0.1) is 0 Å². The first-order chi connectivity index (χ1) is 18.0. The van der Waals surface area contributed by atoms with Gasteiger partial charge in [-0.05, 0) is 113 Å². The van der Waals surface area contributed by atoms with E-state index in [2.05, 4.69) is 109 Å². The lowest BCUT2D eigenvalue weighted by atomic mass is 9.81. The van der Waals surface area contributed by atoms with Crippen LogP contribution >= 0.6 is 0 Å². The Hall–Kier alpha value is -2.60. The molecule has 3 atom stereocenters. The van der Waals surface area contributed by atoms with Gasteiger partial charge in [0.15, 0.2) is 0 Å². The van der Waals surface area contributed by atoms with Crippen molar-refractivity contribution in [3.05, 3.63) is 107 Å². The zero-order valence-corrected chi connectivity index (χ0v) is 24.7. The number of allylic oxidation sites excluding steroid dienone is 6. The molecule has 38 heavy (non-hydrogen) atoms. The first-order valence-electron chi connectivity index (χ1n) is 15.0. The normalized spacial score (nSPS) is 21.1. The second-order valence-electron chi connectivity index (χ2n) is 14.0. The zero-order chi connectivity index (χ0) is 27.2. The van der Waals surface area contributed by atoms with Gasteiger partial charge >= 0.3 is 0 Å². The van der Waals surface area contributed by atoms with E-state index in [1.165, 1.54) is 75.8 Å². The Kier molecular flexibility index (Phi) is 7.47. The summed E-state index contributed by atoms with van der Waals surface area (Å²) in [7, 11) is 0.